The van der Waals surface area contributed by atoms with Gasteiger partial charge in [-0.15, -0.1) is 11.8 Å². The van der Waals surface area contributed by atoms with Gasteiger partial charge in [-0.05, 0) is 61.4 Å². The summed E-state index contributed by atoms with van der Waals surface area (Å²) in [6, 6.07) is 13.1. The molecular weight excluding hydrogens is 377 g/mol. The third kappa shape index (κ3) is 6.46. The molecule has 0 aliphatic heterocycles. The van der Waals surface area contributed by atoms with E-state index in [1.807, 2.05) is 44.2 Å². The minimum atomic E-state index is -0.513. The zero-order valence-corrected chi connectivity index (χ0v) is 16.5. The van der Waals surface area contributed by atoms with Crippen LogP contribution in [0.3, 0.4) is 0 Å². The van der Waals surface area contributed by atoms with E-state index in [1.54, 1.807) is 23.9 Å². The van der Waals surface area contributed by atoms with Gasteiger partial charge in [-0.1, -0.05) is 30.1 Å². The van der Waals surface area contributed by atoms with Gasteiger partial charge in [0.05, 0.1) is 0 Å². The number of rotatable bonds is 8. The normalized spacial score (nSPS) is 11.8. The van der Waals surface area contributed by atoms with Crippen LogP contribution in [-0.2, 0) is 4.79 Å². The van der Waals surface area contributed by atoms with Crippen molar-refractivity contribution >= 4 is 40.9 Å². The molecule has 2 aromatic rings. The van der Waals surface area contributed by atoms with Crippen LogP contribution >= 0.6 is 35.0 Å². The molecule has 1 N–H and O–H groups in total. The summed E-state index contributed by atoms with van der Waals surface area (Å²) >= 11 is 13.5. The summed E-state index contributed by atoms with van der Waals surface area (Å²) in [7, 11) is 0. The van der Waals surface area contributed by atoms with Crippen LogP contribution in [0, 0.1) is 6.92 Å². The fourth-order valence-corrected chi connectivity index (χ4v) is 3.18. The van der Waals surface area contributed by atoms with E-state index in [9.17, 15) is 4.79 Å². The molecular formula is C19H21Cl2NO2S. The van der Waals surface area contributed by atoms with Crippen LogP contribution in [0.5, 0.6) is 5.75 Å². The Kier molecular flexibility index (Phi) is 7.94. The van der Waals surface area contributed by atoms with E-state index >= 15 is 0 Å². The molecule has 1 unspecified atom stereocenters. The van der Waals surface area contributed by atoms with Crippen molar-refractivity contribution in [2.24, 2.45) is 0 Å². The number of hydrogen-bond acceptors (Lipinski definition) is 3. The van der Waals surface area contributed by atoms with E-state index in [-0.39, 0.29) is 5.91 Å². The maximum absolute atomic E-state index is 12.3. The van der Waals surface area contributed by atoms with Crippen LogP contribution in [0.25, 0.3) is 0 Å². The molecule has 1 atom stereocenters. The smallest absolute Gasteiger partial charge is 0.261 e. The van der Waals surface area contributed by atoms with Crippen LogP contribution in [0.2, 0.25) is 10.0 Å². The fourth-order valence-electron chi connectivity index (χ4n) is 2.16. The lowest BCUT2D eigenvalue weighted by Gasteiger charge is -2.17. The van der Waals surface area contributed by atoms with Gasteiger partial charge in [0.1, 0.15) is 5.75 Å². The summed E-state index contributed by atoms with van der Waals surface area (Å²) in [6.07, 6.45) is 0.0822. The third-order valence-corrected chi connectivity index (χ3v) is 5.24. The number of carbonyl (C=O) groups excluding carboxylic acids is 1. The van der Waals surface area contributed by atoms with Crippen molar-refractivity contribution in [2.45, 2.75) is 31.3 Å². The quantitative estimate of drug-likeness (QED) is 0.480. The fraction of sp³-hybridized carbons (Fsp3) is 0.316. The van der Waals surface area contributed by atoms with E-state index in [1.165, 1.54) is 0 Å². The molecule has 0 fully saturated rings. The minimum Gasteiger partial charge on any atom is -0.481 e. The molecule has 0 radical (unpaired) electrons. The summed E-state index contributed by atoms with van der Waals surface area (Å²) in [5, 5.41) is 4.33. The lowest BCUT2D eigenvalue weighted by atomic mass is 10.2. The van der Waals surface area contributed by atoms with Crippen LogP contribution < -0.4 is 10.1 Å². The number of nitrogens with one attached hydrogen (secondary N) is 1. The molecule has 0 aliphatic carbocycles. The number of thioether (sulfide) groups is 1. The molecule has 25 heavy (non-hydrogen) atoms. The Morgan fingerprint density at radius 3 is 2.56 bits per heavy atom. The highest BCUT2D eigenvalue weighted by molar-refractivity contribution is 7.99. The lowest BCUT2D eigenvalue weighted by molar-refractivity contribution is -0.127. The average molecular weight is 398 g/mol. The Labute approximate surface area is 163 Å². The first-order valence-electron chi connectivity index (χ1n) is 8.08. The van der Waals surface area contributed by atoms with Crippen molar-refractivity contribution in [1.82, 2.24) is 5.32 Å². The van der Waals surface area contributed by atoms with Crippen LogP contribution in [0.4, 0.5) is 0 Å². The van der Waals surface area contributed by atoms with Gasteiger partial charge in [0.25, 0.3) is 5.91 Å². The highest BCUT2D eigenvalue weighted by Crippen LogP contribution is 2.22. The number of carbonyl (C=O) groups is 1. The number of hydrogen-bond donors (Lipinski definition) is 1. The Hall–Kier alpha value is -1.36. The number of ether oxygens (including phenoxy) is 1. The first-order valence-corrected chi connectivity index (χ1v) is 9.82. The highest BCUT2D eigenvalue weighted by Gasteiger charge is 2.18. The SMILES string of the molecule is CCC(Oc1ccc(Cl)c(C)c1)C(=O)NCCSc1ccc(Cl)cc1. The topological polar surface area (TPSA) is 38.3 Å². The molecule has 0 aromatic heterocycles. The lowest BCUT2D eigenvalue weighted by Crippen LogP contribution is -2.39. The second-order valence-corrected chi connectivity index (χ2v) is 7.53. The molecule has 1 amide bonds. The van der Waals surface area contributed by atoms with E-state index in [4.69, 9.17) is 27.9 Å². The Morgan fingerprint density at radius 1 is 1.20 bits per heavy atom. The monoisotopic (exact) mass is 397 g/mol. The molecule has 0 heterocycles. The zero-order valence-electron chi connectivity index (χ0n) is 14.2. The maximum Gasteiger partial charge on any atom is 0.261 e. The molecule has 0 aliphatic rings. The van der Waals surface area contributed by atoms with Gasteiger partial charge >= 0.3 is 0 Å². The Balaban J connectivity index is 1.79. The van der Waals surface area contributed by atoms with E-state index in [0.29, 0.717) is 23.7 Å². The number of halogens is 2. The van der Waals surface area contributed by atoms with Crippen molar-refractivity contribution in [1.29, 1.82) is 0 Å². The van der Waals surface area contributed by atoms with Gasteiger partial charge in [0.2, 0.25) is 0 Å². The molecule has 0 saturated heterocycles. The summed E-state index contributed by atoms with van der Waals surface area (Å²) < 4.78 is 5.80. The first-order chi connectivity index (χ1) is 12.0. The molecule has 2 aromatic carbocycles. The second kappa shape index (κ2) is 9.95. The number of benzene rings is 2. The van der Waals surface area contributed by atoms with Crippen LogP contribution in [-0.4, -0.2) is 24.3 Å². The van der Waals surface area contributed by atoms with Crippen LogP contribution in [0.1, 0.15) is 18.9 Å². The van der Waals surface area contributed by atoms with Crippen molar-refractivity contribution in [3.63, 3.8) is 0 Å². The van der Waals surface area contributed by atoms with Crippen molar-refractivity contribution in [3.05, 3.63) is 58.1 Å². The molecule has 0 saturated carbocycles. The molecule has 0 bridgehead atoms. The van der Waals surface area contributed by atoms with Crippen LogP contribution in [0.15, 0.2) is 47.4 Å². The summed E-state index contributed by atoms with van der Waals surface area (Å²) in [6.45, 7) is 4.41. The third-order valence-electron chi connectivity index (χ3n) is 3.55. The second-order valence-electron chi connectivity index (χ2n) is 5.52. The highest BCUT2D eigenvalue weighted by atomic mass is 35.5. The Bertz CT molecular complexity index is 707. The summed E-state index contributed by atoms with van der Waals surface area (Å²) in [5.41, 5.74) is 0.925. The molecule has 134 valence electrons. The largest absolute Gasteiger partial charge is 0.481 e. The summed E-state index contributed by atoms with van der Waals surface area (Å²) in [4.78, 5) is 13.4. The predicted octanol–water partition coefficient (Wildman–Crippen LogP) is 5.37. The molecule has 6 heteroatoms. The molecule has 0 spiro atoms. The summed E-state index contributed by atoms with van der Waals surface area (Å²) in [5.74, 6) is 1.33. The van der Waals surface area contributed by atoms with Gasteiger partial charge in [-0.25, -0.2) is 0 Å². The predicted molar refractivity (Wildman–Crippen MR) is 106 cm³/mol. The first kappa shape index (κ1) is 20.0. The standard InChI is InChI=1S/C19H21Cl2NO2S/c1-3-18(24-15-6-9-17(21)13(2)12-15)19(23)22-10-11-25-16-7-4-14(20)5-8-16/h4-9,12,18H,3,10-11H2,1-2H3,(H,22,23). The minimum absolute atomic E-state index is 0.105. The Morgan fingerprint density at radius 2 is 1.92 bits per heavy atom. The van der Waals surface area contributed by atoms with Gasteiger partial charge < -0.3 is 10.1 Å². The van der Waals surface area contributed by atoms with E-state index in [2.05, 4.69) is 5.32 Å². The van der Waals surface area contributed by atoms with Gasteiger partial charge in [0, 0.05) is 27.2 Å². The average Bonchev–Trinajstić information content (AvgIpc) is 2.61. The van der Waals surface area contributed by atoms with Gasteiger partial charge in [0.15, 0.2) is 6.10 Å². The number of aryl methyl sites for hydroxylation is 1. The molecule has 2 rings (SSSR count). The number of amides is 1. The van der Waals surface area contributed by atoms with Gasteiger partial charge in [-0.2, -0.15) is 0 Å². The maximum atomic E-state index is 12.3. The zero-order chi connectivity index (χ0) is 18.2. The van der Waals surface area contributed by atoms with E-state index < -0.39 is 6.10 Å². The van der Waals surface area contributed by atoms with Crippen molar-refractivity contribution in [2.75, 3.05) is 12.3 Å². The van der Waals surface area contributed by atoms with Crippen molar-refractivity contribution in [3.8, 4) is 5.75 Å². The molecule has 3 nitrogen and oxygen atoms in total. The van der Waals surface area contributed by atoms with E-state index in [0.717, 1.165) is 21.2 Å². The van der Waals surface area contributed by atoms with Gasteiger partial charge in [-0.3, -0.25) is 4.79 Å². The van der Waals surface area contributed by atoms with Crippen molar-refractivity contribution < 1.29 is 9.53 Å².